The lowest BCUT2D eigenvalue weighted by molar-refractivity contribution is -0.962. The van der Waals surface area contributed by atoms with Crippen molar-refractivity contribution in [2.45, 2.75) is 39.8 Å². The van der Waals surface area contributed by atoms with E-state index in [-0.39, 0.29) is 5.78 Å². The van der Waals surface area contributed by atoms with Gasteiger partial charge in [0.15, 0.2) is 0 Å². The van der Waals surface area contributed by atoms with E-state index in [2.05, 4.69) is 27.4 Å². The molecule has 0 amide bonds. The van der Waals surface area contributed by atoms with Crippen LogP contribution in [0.3, 0.4) is 0 Å². The van der Waals surface area contributed by atoms with Crippen LogP contribution in [-0.2, 0) is 4.79 Å². The van der Waals surface area contributed by atoms with Gasteiger partial charge in [-0.3, -0.25) is 10.5 Å². The first-order valence-electron chi connectivity index (χ1n) is 5.79. The third-order valence-corrected chi connectivity index (χ3v) is 3.81. The fraction of sp³-hybridized carbons (Fsp3) is 0.750. The lowest BCUT2D eigenvalue weighted by atomic mass is 9.96. The van der Waals surface area contributed by atoms with Crippen LogP contribution in [0.5, 0.6) is 0 Å². The van der Waals surface area contributed by atoms with Gasteiger partial charge in [0.25, 0.3) is 0 Å². The van der Waals surface area contributed by atoms with E-state index in [1.54, 1.807) is 0 Å². The van der Waals surface area contributed by atoms with Crippen molar-refractivity contribution in [3.8, 4) is 0 Å². The molecule has 88 valence electrons. The molecule has 0 fully saturated rings. The lowest BCUT2D eigenvalue weighted by Gasteiger charge is -2.48. The summed E-state index contributed by atoms with van der Waals surface area (Å²) in [6.07, 6.45) is 2.00. The second kappa shape index (κ2) is 5.42. The molecule has 3 nitrogen and oxygen atoms in total. The SMILES string of the molecule is C=CC(=O)C(N)(CC)[N+](CC)(CC)CC. The third-order valence-electron chi connectivity index (χ3n) is 3.81. The van der Waals surface area contributed by atoms with E-state index < -0.39 is 5.66 Å². The third kappa shape index (κ3) is 2.13. The van der Waals surface area contributed by atoms with Crippen molar-refractivity contribution in [1.82, 2.24) is 0 Å². The fourth-order valence-corrected chi connectivity index (χ4v) is 2.44. The van der Waals surface area contributed by atoms with Gasteiger partial charge in [-0.15, -0.1) is 0 Å². The van der Waals surface area contributed by atoms with Gasteiger partial charge in [-0.1, -0.05) is 13.5 Å². The van der Waals surface area contributed by atoms with E-state index in [1.807, 2.05) is 6.92 Å². The maximum atomic E-state index is 11.9. The van der Waals surface area contributed by atoms with E-state index in [9.17, 15) is 4.79 Å². The Morgan fingerprint density at radius 3 is 1.87 bits per heavy atom. The fourth-order valence-electron chi connectivity index (χ4n) is 2.44. The van der Waals surface area contributed by atoms with Crippen LogP contribution in [-0.4, -0.2) is 35.6 Å². The smallest absolute Gasteiger partial charge is 0.230 e. The van der Waals surface area contributed by atoms with Gasteiger partial charge in [-0.2, -0.15) is 0 Å². The van der Waals surface area contributed by atoms with Gasteiger partial charge in [0, 0.05) is 6.42 Å². The number of nitrogens with zero attached hydrogens (tertiary/aromatic N) is 1. The Morgan fingerprint density at radius 2 is 1.67 bits per heavy atom. The molecule has 0 aromatic rings. The van der Waals surface area contributed by atoms with Crippen LogP contribution in [0.2, 0.25) is 0 Å². The van der Waals surface area contributed by atoms with E-state index in [0.717, 1.165) is 19.6 Å². The molecule has 0 aromatic heterocycles. The molecule has 0 aliphatic rings. The van der Waals surface area contributed by atoms with Crippen molar-refractivity contribution in [3.05, 3.63) is 12.7 Å². The van der Waals surface area contributed by atoms with Crippen LogP contribution in [0.25, 0.3) is 0 Å². The molecule has 1 atom stereocenters. The Hall–Kier alpha value is -0.670. The number of carbonyl (C=O) groups excluding carboxylic acids is 1. The number of quaternary nitrogens is 1. The molecule has 0 bridgehead atoms. The summed E-state index contributed by atoms with van der Waals surface area (Å²) in [6.45, 7) is 14.4. The lowest BCUT2D eigenvalue weighted by Crippen LogP contribution is -2.72. The molecule has 3 heteroatoms. The quantitative estimate of drug-likeness (QED) is 0.397. The monoisotopic (exact) mass is 213 g/mol. The maximum Gasteiger partial charge on any atom is 0.230 e. The van der Waals surface area contributed by atoms with E-state index in [0.29, 0.717) is 10.9 Å². The van der Waals surface area contributed by atoms with E-state index >= 15 is 0 Å². The number of likely N-dealkylation sites (N-methyl/N-ethyl adjacent to an activating group) is 1. The zero-order valence-electron chi connectivity index (χ0n) is 10.5. The Kier molecular flexibility index (Phi) is 5.18. The largest absolute Gasteiger partial charge is 0.300 e. The van der Waals surface area contributed by atoms with Gasteiger partial charge in [-0.25, -0.2) is 0 Å². The summed E-state index contributed by atoms with van der Waals surface area (Å²) in [5.74, 6) is -0.0458. The Morgan fingerprint density at radius 1 is 1.27 bits per heavy atom. The second-order valence-electron chi connectivity index (χ2n) is 3.94. The highest BCUT2D eigenvalue weighted by Gasteiger charge is 2.48. The van der Waals surface area contributed by atoms with Crippen molar-refractivity contribution >= 4 is 5.78 Å². The predicted molar refractivity (Wildman–Crippen MR) is 64.3 cm³/mol. The van der Waals surface area contributed by atoms with Crippen molar-refractivity contribution in [3.63, 3.8) is 0 Å². The summed E-state index contributed by atoms with van der Waals surface area (Å²) in [6, 6.07) is 0. The van der Waals surface area contributed by atoms with Gasteiger partial charge < -0.3 is 4.48 Å². The number of carbonyl (C=O) groups is 1. The normalized spacial score (nSPS) is 15.8. The van der Waals surface area contributed by atoms with Crippen LogP contribution >= 0.6 is 0 Å². The minimum atomic E-state index is -0.806. The minimum Gasteiger partial charge on any atom is -0.300 e. The van der Waals surface area contributed by atoms with Crippen LogP contribution in [0.1, 0.15) is 34.1 Å². The Labute approximate surface area is 93.5 Å². The van der Waals surface area contributed by atoms with Gasteiger partial charge in [0.2, 0.25) is 11.4 Å². The molecule has 15 heavy (non-hydrogen) atoms. The van der Waals surface area contributed by atoms with Crippen molar-refractivity contribution in [2.75, 3.05) is 19.6 Å². The van der Waals surface area contributed by atoms with Crippen LogP contribution in [0, 0.1) is 0 Å². The van der Waals surface area contributed by atoms with Crippen LogP contribution in [0.4, 0.5) is 0 Å². The van der Waals surface area contributed by atoms with Crippen molar-refractivity contribution in [2.24, 2.45) is 5.73 Å². The molecule has 0 saturated heterocycles. The summed E-state index contributed by atoms with van der Waals surface area (Å²) in [5, 5.41) is 0. The van der Waals surface area contributed by atoms with Gasteiger partial charge >= 0.3 is 0 Å². The van der Waals surface area contributed by atoms with Gasteiger partial charge in [0.1, 0.15) is 0 Å². The molecule has 0 spiro atoms. The van der Waals surface area contributed by atoms with Gasteiger partial charge in [-0.05, 0) is 26.8 Å². The molecular formula is C12H25N2O+. The summed E-state index contributed by atoms with van der Waals surface area (Å²) in [5.41, 5.74) is 5.51. The Balaban J connectivity index is 5.38. The molecule has 0 heterocycles. The van der Waals surface area contributed by atoms with Gasteiger partial charge in [0.05, 0.1) is 19.6 Å². The highest BCUT2D eigenvalue weighted by atomic mass is 16.1. The first-order valence-corrected chi connectivity index (χ1v) is 5.79. The first kappa shape index (κ1) is 14.3. The van der Waals surface area contributed by atoms with Crippen molar-refractivity contribution in [1.29, 1.82) is 0 Å². The molecule has 2 N–H and O–H groups in total. The predicted octanol–water partition coefficient (Wildman–Crippen LogP) is 1.68. The zero-order valence-corrected chi connectivity index (χ0v) is 10.5. The topological polar surface area (TPSA) is 43.1 Å². The molecular weight excluding hydrogens is 188 g/mol. The average Bonchev–Trinajstić information content (AvgIpc) is 2.30. The van der Waals surface area contributed by atoms with Crippen LogP contribution in [0.15, 0.2) is 12.7 Å². The molecule has 0 aliphatic carbocycles. The van der Waals surface area contributed by atoms with Crippen LogP contribution < -0.4 is 5.73 Å². The zero-order chi connectivity index (χ0) is 12.1. The molecule has 0 rings (SSSR count). The second-order valence-corrected chi connectivity index (χ2v) is 3.94. The molecule has 1 unspecified atom stereocenters. The number of rotatable bonds is 7. The summed E-state index contributed by atoms with van der Waals surface area (Å²) in [7, 11) is 0. The average molecular weight is 213 g/mol. The van der Waals surface area contributed by atoms with E-state index in [1.165, 1.54) is 6.08 Å². The Bertz CT molecular complexity index is 226. The van der Waals surface area contributed by atoms with E-state index in [4.69, 9.17) is 5.73 Å². The summed E-state index contributed by atoms with van der Waals surface area (Å²) in [4.78, 5) is 11.9. The molecule has 0 aromatic carbocycles. The molecule has 0 saturated carbocycles. The molecule has 0 radical (unpaired) electrons. The first-order chi connectivity index (χ1) is 6.97. The number of hydrogen-bond acceptors (Lipinski definition) is 2. The number of nitrogens with two attached hydrogens (primary N) is 1. The summed E-state index contributed by atoms with van der Waals surface area (Å²) >= 11 is 0. The molecule has 0 aliphatic heterocycles. The van der Waals surface area contributed by atoms with Crippen molar-refractivity contribution < 1.29 is 9.28 Å². The standard InChI is InChI=1S/C12H25N2O/c1-6-11(15)12(13,7-2)14(8-3,9-4)10-5/h6H,1,7-10,13H2,2-5H3/q+1. The number of hydrogen-bond donors (Lipinski definition) is 1. The highest BCUT2D eigenvalue weighted by molar-refractivity contribution is 5.95. The summed E-state index contributed by atoms with van der Waals surface area (Å²) < 4.78 is 0.633. The highest BCUT2D eigenvalue weighted by Crippen LogP contribution is 2.25. The number of ketones is 1. The minimum absolute atomic E-state index is 0.0458. The maximum absolute atomic E-state index is 11.9.